The molecule has 0 unspecified atom stereocenters. The zero-order chi connectivity index (χ0) is 19.4. The van der Waals surface area contributed by atoms with Gasteiger partial charge in [0.1, 0.15) is 0 Å². The summed E-state index contributed by atoms with van der Waals surface area (Å²) in [6, 6.07) is 0. The largest absolute Gasteiger partial charge is 0.382 e. The van der Waals surface area contributed by atoms with E-state index in [1.165, 1.54) is 32.1 Å². The fraction of sp³-hybridized carbons (Fsp3) is 0.905. The summed E-state index contributed by atoms with van der Waals surface area (Å²) in [5.74, 6) is 1.40. The maximum atomic E-state index is 11.8. The normalized spacial score (nSPS) is 18.9. The summed E-state index contributed by atoms with van der Waals surface area (Å²) < 4.78 is 5.60. The summed E-state index contributed by atoms with van der Waals surface area (Å²) in [4.78, 5) is 16.7. The van der Waals surface area contributed by atoms with Crippen LogP contribution in [0.4, 0.5) is 0 Å². The summed E-state index contributed by atoms with van der Waals surface area (Å²) in [7, 11) is 0. The topological polar surface area (TPSA) is 74.8 Å². The minimum Gasteiger partial charge on any atom is -0.382 e. The molecule has 6 nitrogen and oxygen atoms in total. The molecule has 2 aliphatic carbocycles. The molecule has 0 aromatic carbocycles. The first-order chi connectivity index (χ1) is 13.2. The molecule has 0 aromatic heterocycles. The van der Waals surface area contributed by atoms with Crippen molar-refractivity contribution in [3.05, 3.63) is 0 Å². The number of guanidine groups is 1. The third-order valence-corrected chi connectivity index (χ3v) is 5.98. The van der Waals surface area contributed by atoms with Crippen LogP contribution in [0.3, 0.4) is 0 Å². The van der Waals surface area contributed by atoms with E-state index >= 15 is 0 Å². The van der Waals surface area contributed by atoms with Crippen LogP contribution >= 0.6 is 24.0 Å². The van der Waals surface area contributed by atoms with E-state index in [4.69, 9.17) is 9.73 Å². The van der Waals surface area contributed by atoms with Gasteiger partial charge in [0.2, 0.25) is 5.91 Å². The fourth-order valence-corrected chi connectivity index (χ4v) is 3.96. The Bertz CT molecular complexity index is 463. The van der Waals surface area contributed by atoms with E-state index in [9.17, 15) is 4.79 Å². The zero-order valence-electron chi connectivity index (χ0n) is 17.9. The number of ether oxygens (including phenoxy) is 1. The SMILES string of the molecule is CCNC(=NCC1(CCOCC)CCCC1)NCCCNC(=O)C1CCC1.I. The highest BCUT2D eigenvalue weighted by Crippen LogP contribution is 2.41. The first kappa shape index (κ1) is 25.5. The Hall–Kier alpha value is -0.570. The molecule has 0 atom stereocenters. The molecule has 0 aliphatic heterocycles. The van der Waals surface area contributed by atoms with Crippen LogP contribution in [0.25, 0.3) is 0 Å². The van der Waals surface area contributed by atoms with Gasteiger partial charge in [0.15, 0.2) is 5.96 Å². The Morgan fingerprint density at radius 1 is 1.07 bits per heavy atom. The summed E-state index contributed by atoms with van der Waals surface area (Å²) in [6.45, 7) is 9.07. The fourth-order valence-electron chi connectivity index (χ4n) is 3.96. The predicted octanol–water partition coefficient (Wildman–Crippen LogP) is 3.45. The molecule has 2 rings (SSSR count). The first-order valence-electron chi connectivity index (χ1n) is 11.1. The molecule has 2 saturated carbocycles. The minimum atomic E-state index is 0. The highest BCUT2D eigenvalue weighted by molar-refractivity contribution is 14.0. The van der Waals surface area contributed by atoms with Crippen molar-refractivity contribution in [3.63, 3.8) is 0 Å². The van der Waals surface area contributed by atoms with Crippen LogP contribution < -0.4 is 16.0 Å². The van der Waals surface area contributed by atoms with E-state index in [2.05, 4.69) is 29.8 Å². The van der Waals surface area contributed by atoms with Crippen molar-refractivity contribution in [2.24, 2.45) is 16.3 Å². The number of nitrogens with zero attached hydrogens (tertiary/aromatic N) is 1. The van der Waals surface area contributed by atoms with E-state index < -0.39 is 0 Å². The summed E-state index contributed by atoms with van der Waals surface area (Å²) in [6.07, 6.45) is 10.5. The van der Waals surface area contributed by atoms with Gasteiger partial charge in [-0.25, -0.2) is 0 Å². The number of hydrogen-bond acceptors (Lipinski definition) is 3. The van der Waals surface area contributed by atoms with Gasteiger partial charge >= 0.3 is 0 Å². The predicted molar refractivity (Wildman–Crippen MR) is 126 cm³/mol. The molecule has 0 saturated heterocycles. The molecule has 0 spiro atoms. The van der Waals surface area contributed by atoms with E-state index in [1.54, 1.807) is 0 Å². The molecule has 164 valence electrons. The van der Waals surface area contributed by atoms with E-state index in [0.717, 1.165) is 71.0 Å². The Morgan fingerprint density at radius 2 is 1.79 bits per heavy atom. The Kier molecular flexibility index (Phi) is 13.1. The molecular formula is C21H41IN4O2. The molecule has 2 aliphatic rings. The molecule has 3 N–H and O–H groups in total. The summed E-state index contributed by atoms with van der Waals surface area (Å²) in [5.41, 5.74) is 0.314. The van der Waals surface area contributed by atoms with Gasteiger partial charge in [-0.2, -0.15) is 0 Å². The van der Waals surface area contributed by atoms with Crippen LogP contribution in [0.15, 0.2) is 4.99 Å². The minimum absolute atomic E-state index is 0. The van der Waals surface area contributed by atoms with Gasteiger partial charge in [-0.15, -0.1) is 24.0 Å². The van der Waals surface area contributed by atoms with Crippen molar-refractivity contribution in [2.45, 2.75) is 71.6 Å². The zero-order valence-corrected chi connectivity index (χ0v) is 20.2. The van der Waals surface area contributed by atoms with Crippen LogP contribution in [0.2, 0.25) is 0 Å². The second kappa shape index (κ2) is 14.4. The molecule has 0 bridgehead atoms. The van der Waals surface area contributed by atoms with Crippen LogP contribution in [0, 0.1) is 11.3 Å². The molecular weight excluding hydrogens is 467 g/mol. The Morgan fingerprint density at radius 3 is 2.39 bits per heavy atom. The van der Waals surface area contributed by atoms with Crippen molar-refractivity contribution in [2.75, 3.05) is 39.4 Å². The lowest BCUT2D eigenvalue weighted by molar-refractivity contribution is -0.127. The van der Waals surface area contributed by atoms with E-state index in [0.29, 0.717) is 5.41 Å². The maximum absolute atomic E-state index is 11.8. The van der Waals surface area contributed by atoms with Gasteiger partial charge in [-0.1, -0.05) is 19.3 Å². The van der Waals surface area contributed by atoms with E-state index in [-0.39, 0.29) is 35.8 Å². The van der Waals surface area contributed by atoms with Crippen molar-refractivity contribution < 1.29 is 9.53 Å². The van der Waals surface area contributed by atoms with Gasteiger partial charge in [0, 0.05) is 45.3 Å². The second-order valence-electron chi connectivity index (χ2n) is 8.05. The second-order valence-corrected chi connectivity index (χ2v) is 8.05. The van der Waals surface area contributed by atoms with Crippen molar-refractivity contribution >= 4 is 35.8 Å². The summed E-state index contributed by atoms with van der Waals surface area (Å²) in [5, 5.41) is 9.81. The standard InChI is InChI=1S/C21H40N4O2.HI/c1-3-22-20(24-15-8-14-23-19(26)18-9-7-10-18)25-17-21(11-5-6-12-21)13-16-27-4-2;/h18H,3-17H2,1-2H3,(H,23,26)(H2,22,24,25);1H. The summed E-state index contributed by atoms with van der Waals surface area (Å²) >= 11 is 0. The number of carbonyl (C=O) groups excluding carboxylic acids is 1. The number of hydrogen-bond donors (Lipinski definition) is 3. The first-order valence-corrected chi connectivity index (χ1v) is 11.1. The number of carbonyl (C=O) groups is 1. The number of amides is 1. The van der Waals surface area contributed by atoms with Gasteiger partial charge < -0.3 is 20.7 Å². The molecule has 0 aromatic rings. The van der Waals surface area contributed by atoms with Crippen LogP contribution in [-0.4, -0.2) is 51.3 Å². The molecule has 0 heterocycles. The third-order valence-electron chi connectivity index (χ3n) is 5.98. The smallest absolute Gasteiger partial charge is 0.223 e. The highest BCUT2D eigenvalue weighted by Gasteiger charge is 2.33. The molecule has 7 heteroatoms. The Labute approximate surface area is 188 Å². The lowest BCUT2D eigenvalue weighted by atomic mass is 9.83. The lowest BCUT2D eigenvalue weighted by Crippen LogP contribution is -2.40. The van der Waals surface area contributed by atoms with Gasteiger partial charge in [0.25, 0.3) is 0 Å². The van der Waals surface area contributed by atoms with Crippen molar-refractivity contribution in [1.82, 2.24) is 16.0 Å². The average Bonchev–Trinajstić information content (AvgIpc) is 3.07. The van der Waals surface area contributed by atoms with Crippen LogP contribution in [-0.2, 0) is 9.53 Å². The molecule has 1 amide bonds. The quantitative estimate of drug-likeness (QED) is 0.163. The highest BCUT2D eigenvalue weighted by atomic mass is 127. The van der Waals surface area contributed by atoms with Gasteiger partial charge in [-0.05, 0) is 57.8 Å². The maximum Gasteiger partial charge on any atom is 0.223 e. The van der Waals surface area contributed by atoms with Crippen LogP contribution in [0.5, 0.6) is 0 Å². The van der Waals surface area contributed by atoms with E-state index in [1.807, 2.05) is 0 Å². The average molecular weight is 508 g/mol. The molecule has 2 fully saturated rings. The monoisotopic (exact) mass is 508 g/mol. The third kappa shape index (κ3) is 8.84. The number of rotatable bonds is 12. The van der Waals surface area contributed by atoms with Crippen molar-refractivity contribution in [1.29, 1.82) is 0 Å². The molecule has 28 heavy (non-hydrogen) atoms. The molecule has 0 radical (unpaired) electrons. The lowest BCUT2D eigenvalue weighted by Gasteiger charge is -2.27. The van der Waals surface area contributed by atoms with Gasteiger partial charge in [0.05, 0.1) is 0 Å². The Balaban J connectivity index is 0.00000392. The number of nitrogens with one attached hydrogen (secondary N) is 3. The number of halogens is 1. The van der Waals surface area contributed by atoms with Gasteiger partial charge in [-0.3, -0.25) is 9.79 Å². The van der Waals surface area contributed by atoms with Crippen molar-refractivity contribution in [3.8, 4) is 0 Å². The number of aliphatic imine (C=N–C) groups is 1. The van der Waals surface area contributed by atoms with Crippen LogP contribution in [0.1, 0.15) is 71.6 Å².